The third kappa shape index (κ3) is 9.83. The number of aromatic nitrogens is 1. The van der Waals surface area contributed by atoms with E-state index in [1.165, 1.54) is 18.2 Å². The van der Waals surface area contributed by atoms with Crippen molar-refractivity contribution in [3.63, 3.8) is 0 Å². The molecule has 5 aromatic rings. The number of carbonyl (C=O) groups excluding carboxylic acids is 2. The Hall–Kier alpha value is -6.37. The average molecular weight is 791 g/mol. The number of pyridine rings is 1. The highest BCUT2D eigenvalue weighted by Gasteiger charge is 2.28. The molecule has 13 nitrogen and oxygen atoms in total. The van der Waals surface area contributed by atoms with Crippen LogP contribution in [0.25, 0.3) is 0 Å². The minimum Gasteiger partial charge on any atom is -0.492 e. The molecule has 0 spiro atoms. The van der Waals surface area contributed by atoms with Crippen molar-refractivity contribution in [2.45, 2.75) is 16.7 Å². The Balaban J connectivity index is 1.10. The second-order valence-electron chi connectivity index (χ2n) is 12.4. The fraction of sp³-hybridized carbons (Fsp3) is 0.195. The highest BCUT2D eigenvalue weighted by molar-refractivity contribution is 7.99. The van der Waals surface area contributed by atoms with E-state index in [0.29, 0.717) is 73.2 Å². The number of rotatable bonds is 13. The molecular formula is C41H38N6O7S2. The van der Waals surface area contributed by atoms with E-state index in [4.69, 9.17) is 4.74 Å². The van der Waals surface area contributed by atoms with E-state index in [1.54, 1.807) is 71.5 Å². The van der Waals surface area contributed by atoms with Crippen LogP contribution in [0.1, 0.15) is 38.8 Å². The van der Waals surface area contributed by atoms with E-state index < -0.39 is 31.4 Å². The van der Waals surface area contributed by atoms with Crippen LogP contribution in [0.15, 0.2) is 125 Å². The molecule has 6 rings (SSSR count). The second-order valence-corrected chi connectivity index (χ2v) is 15.2. The summed E-state index contributed by atoms with van der Waals surface area (Å²) in [6.45, 7) is 4.20. The van der Waals surface area contributed by atoms with Crippen LogP contribution in [0.3, 0.4) is 0 Å². The summed E-state index contributed by atoms with van der Waals surface area (Å²) in [7, 11) is -4.50. The van der Waals surface area contributed by atoms with E-state index in [0.717, 1.165) is 11.0 Å². The summed E-state index contributed by atoms with van der Waals surface area (Å²) in [5.74, 6) is 6.31. The number of nitrogens with one attached hydrogen (secondary N) is 2. The first-order chi connectivity index (χ1) is 27.1. The summed E-state index contributed by atoms with van der Waals surface area (Å²) in [6, 6.07) is 28.7. The normalized spacial score (nSPS) is 12.6. The molecule has 56 heavy (non-hydrogen) atoms. The number of nitrogens with zero attached hydrogens (tertiary/aromatic N) is 4. The minimum absolute atomic E-state index is 0.100. The lowest BCUT2D eigenvalue weighted by molar-refractivity contribution is -0.384. The number of para-hydroxylation sites is 1. The van der Waals surface area contributed by atoms with Crippen molar-refractivity contribution in [3.8, 4) is 17.6 Å². The summed E-state index contributed by atoms with van der Waals surface area (Å²) in [6.07, 6.45) is 3.24. The topological polar surface area (TPSA) is 164 Å². The summed E-state index contributed by atoms with van der Waals surface area (Å²) in [5.41, 5.74) is 1.99. The van der Waals surface area contributed by atoms with Crippen molar-refractivity contribution in [1.29, 1.82) is 0 Å². The Morgan fingerprint density at radius 3 is 2.36 bits per heavy atom. The van der Waals surface area contributed by atoms with Gasteiger partial charge in [0.15, 0.2) is 0 Å². The molecule has 2 N–H and O–H groups in total. The Kier molecular flexibility index (Phi) is 12.9. The van der Waals surface area contributed by atoms with Crippen LogP contribution >= 0.6 is 11.8 Å². The van der Waals surface area contributed by atoms with E-state index in [9.17, 15) is 28.1 Å². The summed E-state index contributed by atoms with van der Waals surface area (Å²) in [5, 5.41) is 14.9. The van der Waals surface area contributed by atoms with Crippen LogP contribution < -0.4 is 19.7 Å². The van der Waals surface area contributed by atoms with Gasteiger partial charge in [0.05, 0.1) is 33.7 Å². The number of nitro benzene ring substituents is 1. The fourth-order valence-corrected chi connectivity index (χ4v) is 7.77. The third-order valence-electron chi connectivity index (χ3n) is 8.71. The van der Waals surface area contributed by atoms with E-state index in [-0.39, 0.29) is 17.2 Å². The molecule has 15 heteroatoms. The van der Waals surface area contributed by atoms with Gasteiger partial charge in [0.25, 0.3) is 27.5 Å². The lowest BCUT2D eigenvalue weighted by atomic mass is 10.1. The van der Waals surface area contributed by atoms with Gasteiger partial charge in [0, 0.05) is 72.4 Å². The maximum absolute atomic E-state index is 13.7. The largest absolute Gasteiger partial charge is 0.492 e. The number of carbonyl (C=O) groups is 2. The lowest BCUT2D eigenvalue weighted by Crippen LogP contribution is -2.49. The first kappa shape index (κ1) is 39.3. The molecule has 0 radical (unpaired) electrons. The fourth-order valence-electron chi connectivity index (χ4n) is 6.00. The molecule has 1 saturated heterocycles. The van der Waals surface area contributed by atoms with Crippen molar-refractivity contribution in [2.75, 3.05) is 55.3 Å². The van der Waals surface area contributed by atoms with Crippen LogP contribution in [-0.2, 0) is 10.0 Å². The summed E-state index contributed by atoms with van der Waals surface area (Å²) < 4.78 is 34.4. The molecule has 0 unspecified atom stereocenters. The maximum Gasteiger partial charge on any atom is 0.293 e. The number of sulfonamides is 1. The molecule has 1 aliphatic rings. The maximum atomic E-state index is 13.7. The molecule has 1 fully saturated rings. The summed E-state index contributed by atoms with van der Waals surface area (Å²) in [4.78, 5) is 46.9. The quantitative estimate of drug-likeness (QED) is 0.0468. The number of ether oxygens (including phenoxy) is 1. The van der Waals surface area contributed by atoms with Crippen molar-refractivity contribution < 1.29 is 27.7 Å². The van der Waals surface area contributed by atoms with Gasteiger partial charge in [0.1, 0.15) is 11.4 Å². The average Bonchev–Trinajstić information content (AvgIpc) is 3.22. The van der Waals surface area contributed by atoms with Gasteiger partial charge in [-0.1, -0.05) is 54.3 Å². The van der Waals surface area contributed by atoms with E-state index in [2.05, 4.69) is 26.9 Å². The molecule has 4 aromatic carbocycles. The molecule has 2 heterocycles. The number of anilines is 2. The smallest absolute Gasteiger partial charge is 0.293 e. The van der Waals surface area contributed by atoms with Gasteiger partial charge in [-0.25, -0.2) is 13.1 Å². The predicted octanol–water partition coefficient (Wildman–Crippen LogP) is 6.07. The Morgan fingerprint density at radius 1 is 0.893 bits per heavy atom. The molecule has 0 aliphatic carbocycles. The number of benzene rings is 4. The third-order valence-corrected chi connectivity index (χ3v) is 11.1. The van der Waals surface area contributed by atoms with Gasteiger partial charge in [0.2, 0.25) is 0 Å². The zero-order chi connectivity index (χ0) is 39.5. The zero-order valence-electron chi connectivity index (χ0n) is 30.4. The second kappa shape index (κ2) is 18.3. The van der Waals surface area contributed by atoms with Crippen LogP contribution in [0.5, 0.6) is 5.75 Å². The van der Waals surface area contributed by atoms with Crippen molar-refractivity contribution >= 4 is 50.7 Å². The molecular weight excluding hydrogens is 753 g/mol. The predicted molar refractivity (Wildman–Crippen MR) is 216 cm³/mol. The highest BCUT2D eigenvalue weighted by Crippen LogP contribution is 2.29. The SMILES string of the molecule is CCOc1cncc(C#Cc2ccccc2C(=O)N2CCN(c3ccccc3C(=O)NS(=O)(=O)c3ccc(NCCSc4ccccc4)c([N+](=O)[O-])c3)CC2)c1. The first-order valence-electron chi connectivity index (χ1n) is 17.7. The Bertz CT molecular complexity index is 2390. The van der Waals surface area contributed by atoms with Crippen molar-refractivity contribution in [1.82, 2.24) is 14.6 Å². The standard InChI is InChI=1S/C41H38N6O7S2/c1-2-54-32-26-30(28-42-29-32)16-17-31-10-6-7-13-35(31)41(49)46-23-21-45(22-24-46)38-15-9-8-14-36(38)40(48)44-56(52,53)34-18-19-37(39(27-34)47(50)51)43-20-25-55-33-11-4-3-5-12-33/h3-15,18-19,26-29,43H,2,20-25H2,1H3,(H,44,48). The van der Waals surface area contributed by atoms with E-state index >= 15 is 0 Å². The van der Waals surface area contributed by atoms with Gasteiger partial charge in [-0.2, -0.15) is 0 Å². The van der Waals surface area contributed by atoms with Crippen LogP contribution in [0, 0.1) is 22.0 Å². The van der Waals surface area contributed by atoms with Crippen molar-refractivity contribution in [3.05, 3.63) is 148 Å². The number of amides is 2. The molecule has 286 valence electrons. The first-order valence-corrected chi connectivity index (χ1v) is 20.2. The number of piperazine rings is 1. The number of thioether (sulfide) groups is 1. The highest BCUT2D eigenvalue weighted by atomic mass is 32.2. The number of hydrogen-bond donors (Lipinski definition) is 2. The Morgan fingerprint density at radius 2 is 1.61 bits per heavy atom. The monoisotopic (exact) mass is 790 g/mol. The van der Waals surface area contributed by atoms with Gasteiger partial charge < -0.3 is 19.9 Å². The zero-order valence-corrected chi connectivity index (χ0v) is 32.0. The molecule has 0 bridgehead atoms. The van der Waals surface area contributed by atoms with E-state index in [1.807, 2.05) is 48.2 Å². The van der Waals surface area contributed by atoms with Crippen LogP contribution in [0.2, 0.25) is 0 Å². The van der Waals surface area contributed by atoms with Gasteiger partial charge in [-0.15, -0.1) is 11.8 Å². The number of nitro groups is 1. The van der Waals surface area contributed by atoms with Crippen LogP contribution in [0.4, 0.5) is 17.1 Å². The minimum atomic E-state index is -4.50. The molecule has 0 atom stereocenters. The van der Waals surface area contributed by atoms with Gasteiger partial charge >= 0.3 is 0 Å². The van der Waals surface area contributed by atoms with Crippen molar-refractivity contribution in [2.24, 2.45) is 0 Å². The molecule has 1 aliphatic heterocycles. The molecule has 0 saturated carbocycles. The van der Waals surface area contributed by atoms with Gasteiger partial charge in [-0.3, -0.25) is 24.7 Å². The summed E-state index contributed by atoms with van der Waals surface area (Å²) >= 11 is 1.57. The lowest BCUT2D eigenvalue weighted by Gasteiger charge is -2.37. The Labute approximate surface area is 329 Å². The van der Waals surface area contributed by atoms with Crippen LogP contribution in [-0.4, -0.2) is 80.1 Å². The van der Waals surface area contributed by atoms with Gasteiger partial charge in [-0.05, 0) is 61.5 Å². The molecule has 2 amide bonds. The molecule has 1 aromatic heterocycles. The number of hydrogen-bond acceptors (Lipinski definition) is 11.